The summed E-state index contributed by atoms with van der Waals surface area (Å²) < 4.78 is 5.67. The molecule has 0 saturated heterocycles. The van der Waals surface area contributed by atoms with Gasteiger partial charge in [-0.3, -0.25) is 0 Å². The molecule has 0 N–H and O–H groups in total. The molecule has 0 amide bonds. The minimum Gasteiger partial charge on any atom is -0.490 e. The molecule has 1 rings (SSSR count). The molecule has 1 atom stereocenters. The smallest absolute Gasteiger partial charge is 0.119 e. The van der Waals surface area contributed by atoms with E-state index in [0.29, 0.717) is 0 Å². The Bertz CT molecular complexity index is 251. The number of hydrogen-bond donors (Lipinski definition) is 0. The predicted molar refractivity (Wildman–Crippen MR) is 56.0 cm³/mol. The predicted octanol–water partition coefficient (Wildman–Crippen LogP) is 3.42. The Hall–Kier alpha value is -1.24. The fourth-order valence-electron chi connectivity index (χ4n) is 1.11. The molecule has 0 bridgehead atoms. The van der Waals surface area contributed by atoms with Gasteiger partial charge in [0.25, 0.3) is 0 Å². The zero-order chi connectivity index (χ0) is 9.52. The monoisotopic (exact) mass is 176 g/mol. The molecule has 1 aromatic rings. The number of para-hydroxylation sites is 1. The average Bonchev–Trinajstić information content (AvgIpc) is 2.16. The van der Waals surface area contributed by atoms with E-state index in [1.165, 1.54) is 0 Å². The van der Waals surface area contributed by atoms with Gasteiger partial charge in [0, 0.05) is 6.42 Å². The SMILES string of the molecule is CC=CCC(C)Oc1ccccc1. The second-order valence-electron chi connectivity index (χ2n) is 3.05. The second kappa shape index (κ2) is 5.41. The minimum atomic E-state index is 0.249. The summed E-state index contributed by atoms with van der Waals surface area (Å²) >= 11 is 0. The van der Waals surface area contributed by atoms with Crippen LogP contribution in [0, 0.1) is 0 Å². The molecular formula is C12H16O. The van der Waals surface area contributed by atoms with Crippen molar-refractivity contribution >= 4 is 0 Å². The first-order valence-electron chi connectivity index (χ1n) is 4.66. The fourth-order valence-corrected chi connectivity index (χ4v) is 1.11. The van der Waals surface area contributed by atoms with Crippen LogP contribution in [0.2, 0.25) is 0 Å². The lowest BCUT2D eigenvalue weighted by Crippen LogP contribution is -2.09. The van der Waals surface area contributed by atoms with Crippen LogP contribution in [0.5, 0.6) is 5.75 Å². The summed E-state index contributed by atoms with van der Waals surface area (Å²) in [6, 6.07) is 9.91. The van der Waals surface area contributed by atoms with Crippen molar-refractivity contribution in [1.29, 1.82) is 0 Å². The average molecular weight is 176 g/mol. The van der Waals surface area contributed by atoms with Gasteiger partial charge in [-0.15, -0.1) is 0 Å². The molecule has 0 radical (unpaired) electrons. The maximum Gasteiger partial charge on any atom is 0.119 e. The molecule has 0 saturated carbocycles. The number of rotatable bonds is 4. The van der Waals surface area contributed by atoms with Crippen molar-refractivity contribution in [2.24, 2.45) is 0 Å². The van der Waals surface area contributed by atoms with Crippen molar-refractivity contribution in [3.63, 3.8) is 0 Å². The van der Waals surface area contributed by atoms with Gasteiger partial charge in [-0.05, 0) is 26.0 Å². The van der Waals surface area contributed by atoms with E-state index in [-0.39, 0.29) is 6.10 Å². The van der Waals surface area contributed by atoms with Gasteiger partial charge in [-0.2, -0.15) is 0 Å². The van der Waals surface area contributed by atoms with E-state index in [2.05, 4.69) is 13.0 Å². The zero-order valence-corrected chi connectivity index (χ0v) is 8.23. The van der Waals surface area contributed by atoms with Gasteiger partial charge in [0.05, 0.1) is 6.10 Å². The Morgan fingerprint density at radius 3 is 2.62 bits per heavy atom. The van der Waals surface area contributed by atoms with Gasteiger partial charge >= 0.3 is 0 Å². The van der Waals surface area contributed by atoms with E-state index in [1.54, 1.807) is 0 Å². The first kappa shape index (κ1) is 9.85. The van der Waals surface area contributed by atoms with E-state index < -0.39 is 0 Å². The van der Waals surface area contributed by atoms with Crippen molar-refractivity contribution in [3.8, 4) is 5.75 Å². The van der Waals surface area contributed by atoms with E-state index in [1.807, 2.05) is 43.3 Å². The van der Waals surface area contributed by atoms with E-state index in [0.717, 1.165) is 12.2 Å². The molecular weight excluding hydrogens is 160 g/mol. The quantitative estimate of drug-likeness (QED) is 0.639. The highest BCUT2D eigenvalue weighted by atomic mass is 16.5. The maximum atomic E-state index is 5.67. The Labute approximate surface area is 80.0 Å². The largest absolute Gasteiger partial charge is 0.490 e. The third-order valence-electron chi connectivity index (χ3n) is 1.78. The molecule has 0 fully saturated rings. The number of benzene rings is 1. The van der Waals surface area contributed by atoms with Crippen molar-refractivity contribution in [1.82, 2.24) is 0 Å². The van der Waals surface area contributed by atoms with Crippen LogP contribution in [0.4, 0.5) is 0 Å². The molecule has 1 aromatic carbocycles. The van der Waals surface area contributed by atoms with Crippen LogP contribution in [0.3, 0.4) is 0 Å². The standard InChI is InChI=1S/C12H16O/c1-3-4-8-11(2)13-12-9-6-5-7-10-12/h3-7,9-11H,8H2,1-2H3. The molecule has 70 valence electrons. The molecule has 0 aliphatic carbocycles. The summed E-state index contributed by atoms with van der Waals surface area (Å²) in [4.78, 5) is 0. The summed E-state index contributed by atoms with van der Waals surface area (Å²) in [5.74, 6) is 0.944. The molecule has 13 heavy (non-hydrogen) atoms. The first-order valence-corrected chi connectivity index (χ1v) is 4.66. The molecule has 0 aliphatic rings. The lowest BCUT2D eigenvalue weighted by Gasteiger charge is -2.12. The molecule has 0 aromatic heterocycles. The summed E-state index contributed by atoms with van der Waals surface area (Å²) in [6.45, 7) is 4.10. The van der Waals surface area contributed by atoms with Crippen LogP contribution >= 0.6 is 0 Å². The second-order valence-corrected chi connectivity index (χ2v) is 3.05. The third kappa shape index (κ3) is 3.79. The van der Waals surface area contributed by atoms with Crippen LogP contribution in [-0.2, 0) is 0 Å². The van der Waals surface area contributed by atoms with Crippen LogP contribution in [0.25, 0.3) is 0 Å². The van der Waals surface area contributed by atoms with Crippen LogP contribution in [-0.4, -0.2) is 6.10 Å². The summed E-state index contributed by atoms with van der Waals surface area (Å²) in [5, 5.41) is 0. The third-order valence-corrected chi connectivity index (χ3v) is 1.78. The summed E-state index contributed by atoms with van der Waals surface area (Å²) in [5.41, 5.74) is 0. The summed E-state index contributed by atoms with van der Waals surface area (Å²) in [6.07, 6.45) is 5.38. The van der Waals surface area contributed by atoms with E-state index >= 15 is 0 Å². The van der Waals surface area contributed by atoms with Crippen LogP contribution in [0.15, 0.2) is 42.5 Å². The first-order chi connectivity index (χ1) is 6.33. The van der Waals surface area contributed by atoms with Gasteiger partial charge in [0.15, 0.2) is 0 Å². The molecule has 0 spiro atoms. The number of ether oxygens (including phenoxy) is 1. The van der Waals surface area contributed by atoms with Crippen molar-refractivity contribution in [3.05, 3.63) is 42.5 Å². The van der Waals surface area contributed by atoms with Crippen LogP contribution < -0.4 is 4.74 Å². The fraction of sp³-hybridized carbons (Fsp3) is 0.333. The van der Waals surface area contributed by atoms with E-state index in [9.17, 15) is 0 Å². The van der Waals surface area contributed by atoms with Gasteiger partial charge in [-0.1, -0.05) is 30.4 Å². The van der Waals surface area contributed by atoms with Crippen molar-refractivity contribution < 1.29 is 4.74 Å². The van der Waals surface area contributed by atoms with Crippen LogP contribution in [0.1, 0.15) is 20.3 Å². The summed E-state index contributed by atoms with van der Waals surface area (Å²) in [7, 11) is 0. The highest BCUT2D eigenvalue weighted by Gasteiger charge is 1.99. The van der Waals surface area contributed by atoms with Gasteiger partial charge in [0.2, 0.25) is 0 Å². The molecule has 1 heteroatoms. The lowest BCUT2D eigenvalue weighted by atomic mass is 10.2. The minimum absolute atomic E-state index is 0.249. The Morgan fingerprint density at radius 2 is 2.00 bits per heavy atom. The number of hydrogen-bond acceptors (Lipinski definition) is 1. The zero-order valence-electron chi connectivity index (χ0n) is 8.23. The Morgan fingerprint density at radius 1 is 1.31 bits per heavy atom. The van der Waals surface area contributed by atoms with Gasteiger partial charge in [0.1, 0.15) is 5.75 Å². The highest BCUT2D eigenvalue weighted by Crippen LogP contribution is 2.12. The molecule has 0 aliphatic heterocycles. The normalized spacial score (nSPS) is 13.1. The van der Waals surface area contributed by atoms with Crippen molar-refractivity contribution in [2.75, 3.05) is 0 Å². The Kier molecular flexibility index (Phi) is 4.10. The van der Waals surface area contributed by atoms with Gasteiger partial charge in [-0.25, -0.2) is 0 Å². The van der Waals surface area contributed by atoms with Crippen molar-refractivity contribution in [2.45, 2.75) is 26.4 Å². The maximum absolute atomic E-state index is 5.67. The lowest BCUT2D eigenvalue weighted by molar-refractivity contribution is 0.225. The number of allylic oxidation sites excluding steroid dienone is 1. The van der Waals surface area contributed by atoms with E-state index in [4.69, 9.17) is 4.74 Å². The molecule has 1 nitrogen and oxygen atoms in total. The Balaban J connectivity index is 2.40. The molecule has 1 unspecified atom stereocenters. The molecule has 0 heterocycles. The van der Waals surface area contributed by atoms with Gasteiger partial charge < -0.3 is 4.74 Å². The highest BCUT2D eigenvalue weighted by molar-refractivity contribution is 5.21. The topological polar surface area (TPSA) is 9.23 Å².